The number of nitrogens with zero attached hydrogens (tertiary/aromatic N) is 2. The van der Waals surface area contributed by atoms with Gasteiger partial charge in [-0.2, -0.15) is 0 Å². The fraction of sp³-hybridized carbons (Fsp3) is 0.273. The predicted molar refractivity (Wildman–Crippen MR) is 107 cm³/mol. The Morgan fingerprint density at radius 1 is 1.17 bits per heavy atom. The van der Waals surface area contributed by atoms with Crippen molar-refractivity contribution in [3.8, 4) is 5.69 Å². The average molecular weight is 398 g/mol. The topological polar surface area (TPSA) is 73.5 Å². The van der Waals surface area contributed by atoms with E-state index in [9.17, 15) is 19.1 Å². The van der Waals surface area contributed by atoms with Crippen molar-refractivity contribution >= 4 is 5.78 Å². The summed E-state index contributed by atoms with van der Waals surface area (Å²) < 4.78 is 21.9. The Morgan fingerprint density at radius 2 is 1.86 bits per heavy atom. The van der Waals surface area contributed by atoms with Crippen LogP contribution in [0, 0.1) is 12.7 Å². The zero-order valence-corrected chi connectivity index (χ0v) is 16.3. The third kappa shape index (κ3) is 4.88. The Kier molecular flexibility index (Phi) is 6.41. The Morgan fingerprint density at radius 3 is 2.52 bits per heavy atom. The fourth-order valence-corrected chi connectivity index (χ4v) is 3.11. The number of halogens is 1. The van der Waals surface area contributed by atoms with Crippen molar-refractivity contribution in [1.29, 1.82) is 0 Å². The highest BCUT2D eigenvalue weighted by atomic mass is 19.1. The number of hydrogen-bond donors (Lipinski definition) is 1. The molecule has 0 saturated heterocycles. The summed E-state index contributed by atoms with van der Waals surface area (Å²) in [6, 6.07) is 13.1. The maximum Gasteiger partial charge on any atom is 0.333 e. The molecule has 6 nitrogen and oxygen atoms in total. The second kappa shape index (κ2) is 8.98. The number of ether oxygens (including phenoxy) is 1. The molecule has 0 spiro atoms. The van der Waals surface area contributed by atoms with E-state index in [4.69, 9.17) is 4.74 Å². The third-order valence-electron chi connectivity index (χ3n) is 4.60. The van der Waals surface area contributed by atoms with Crippen molar-refractivity contribution in [3.05, 3.63) is 87.9 Å². The van der Waals surface area contributed by atoms with Crippen LogP contribution in [0.25, 0.3) is 5.69 Å². The molecule has 0 amide bonds. The standard InChI is InChI=1S/C22H23FN2O4/c1-15-11-24(12-20(27)14-29-13-18-5-3-4-6-21(18)23)22(28)25(15)19-9-7-17(8-10-19)16(2)26/h3-11,20,27H,12-14H2,1-2H3. The van der Waals surface area contributed by atoms with Crippen molar-refractivity contribution in [2.24, 2.45) is 0 Å². The number of aromatic nitrogens is 2. The van der Waals surface area contributed by atoms with Gasteiger partial charge in [0.25, 0.3) is 0 Å². The van der Waals surface area contributed by atoms with Gasteiger partial charge in [0.05, 0.1) is 31.5 Å². The number of hydrogen-bond acceptors (Lipinski definition) is 4. The molecule has 0 radical (unpaired) electrons. The lowest BCUT2D eigenvalue weighted by Gasteiger charge is -2.12. The van der Waals surface area contributed by atoms with Crippen molar-refractivity contribution in [2.45, 2.75) is 33.1 Å². The molecule has 152 valence electrons. The summed E-state index contributed by atoms with van der Waals surface area (Å²) in [6.45, 7) is 3.34. The first-order valence-corrected chi connectivity index (χ1v) is 9.26. The number of aliphatic hydroxyl groups excluding tert-OH is 1. The van der Waals surface area contributed by atoms with Gasteiger partial charge in [-0.15, -0.1) is 0 Å². The molecule has 1 atom stereocenters. The Bertz CT molecular complexity index is 1050. The van der Waals surface area contributed by atoms with Gasteiger partial charge in [0, 0.05) is 23.0 Å². The first-order chi connectivity index (χ1) is 13.9. The van der Waals surface area contributed by atoms with Crippen molar-refractivity contribution in [2.75, 3.05) is 6.61 Å². The molecule has 1 heterocycles. The summed E-state index contributed by atoms with van der Waals surface area (Å²) in [5.74, 6) is -0.404. The molecular formula is C22H23FN2O4. The molecule has 3 rings (SSSR count). The van der Waals surface area contributed by atoms with Gasteiger partial charge in [-0.3, -0.25) is 13.9 Å². The zero-order valence-electron chi connectivity index (χ0n) is 16.3. The van der Waals surface area contributed by atoms with Crippen LogP contribution >= 0.6 is 0 Å². The van der Waals surface area contributed by atoms with E-state index in [1.807, 2.05) is 0 Å². The number of carbonyl (C=O) groups excluding carboxylic acids is 1. The van der Waals surface area contributed by atoms with Crippen LogP contribution in [0.1, 0.15) is 28.5 Å². The molecule has 1 unspecified atom stereocenters. The van der Waals surface area contributed by atoms with Crippen molar-refractivity contribution < 1.29 is 19.0 Å². The summed E-state index contributed by atoms with van der Waals surface area (Å²) in [6.07, 6.45) is 0.733. The quantitative estimate of drug-likeness (QED) is 0.592. The van der Waals surface area contributed by atoms with Gasteiger partial charge >= 0.3 is 5.69 Å². The highest BCUT2D eigenvalue weighted by Gasteiger charge is 2.14. The molecule has 0 aliphatic rings. The molecular weight excluding hydrogens is 375 g/mol. The maximum atomic E-state index is 13.6. The lowest BCUT2D eigenvalue weighted by atomic mass is 10.1. The molecule has 3 aromatic rings. The average Bonchev–Trinajstić information content (AvgIpc) is 2.96. The maximum absolute atomic E-state index is 13.6. The number of aryl methyl sites for hydroxylation is 1. The number of imidazole rings is 1. The first-order valence-electron chi connectivity index (χ1n) is 9.26. The lowest BCUT2D eigenvalue weighted by molar-refractivity contribution is 0.0190. The molecule has 0 bridgehead atoms. The SMILES string of the molecule is CC(=O)c1ccc(-n2c(C)cn(CC(O)COCc3ccccc3F)c2=O)cc1. The zero-order chi connectivity index (χ0) is 21.0. The molecule has 1 aromatic heterocycles. The normalized spacial score (nSPS) is 12.1. The van der Waals surface area contributed by atoms with E-state index in [0.717, 1.165) is 0 Å². The molecule has 0 saturated carbocycles. The Hall–Kier alpha value is -3.03. The van der Waals surface area contributed by atoms with Crippen LogP contribution < -0.4 is 5.69 Å². The molecule has 7 heteroatoms. The van der Waals surface area contributed by atoms with E-state index >= 15 is 0 Å². The smallest absolute Gasteiger partial charge is 0.333 e. The van der Waals surface area contributed by atoms with Gasteiger partial charge < -0.3 is 9.84 Å². The van der Waals surface area contributed by atoms with E-state index in [1.54, 1.807) is 55.6 Å². The van der Waals surface area contributed by atoms with Gasteiger partial charge in [0.1, 0.15) is 5.82 Å². The van der Waals surface area contributed by atoms with Crippen molar-refractivity contribution in [3.63, 3.8) is 0 Å². The van der Waals surface area contributed by atoms with E-state index in [0.29, 0.717) is 22.5 Å². The number of ketones is 1. The summed E-state index contributed by atoms with van der Waals surface area (Å²) in [5, 5.41) is 10.2. The summed E-state index contributed by atoms with van der Waals surface area (Å²) in [5.41, 5.74) is 2.02. The summed E-state index contributed by atoms with van der Waals surface area (Å²) in [4.78, 5) is 24.2. The molecule has 0 aliphatic carbocycles. The van der Waals surface area contributed by atoms with E-state index in [1.165, 1.54) is 22.1 Å². The number of Topliss-reactive ketones (excluding diaryl/α,β-unsaturated/α-hetero) is 1. The van der Waals surface area contributed by atoms with E-state index < -0.39 is 6.10 Å². The summed E-state index contributed by atoms with van der Waals surface area (Å²) >= 11 is 0. The first kappa shape index (κ1) is 20.7. The van der Waals surface area contributed by atoms with Crippen LogP contribution in [-0.4, -0.2) is 32.7 Å². The van der Waals surface area contributed by atoms with Gasteiger partial charge in [0.15, 0.2) is 5.78 Å². The van der Waals surface area contributed by atoms with Crippen LogP contribution in [0.2, 0.25) is 0 Å². The second-order valence-corrected chi connectivity index (χ2v) is 6.90. The minimum absolute atomic E-state index is 0.0295. The molecule has 2 aromatic carbocycles. The van der Waals surface area contributed by atoms with Crippen LogP contribution in [-0.2, 0) is 17.9 Å². The minimum atomic E-state index is -0.921. The lowest BCUT2D eigenvalue weighted by Crippen LogP contribution is -2.30. The second-order valence-electron chi connectivity index (χ2n) is 6.90. The number of rotatable bonds is 8. The van der Waals surface area contributed by atoms with Crippen molar-refractivity contribution in [1.82, 2.24) is 9.13 Å². The third-order valence-corrected chi connectivity index (χ3v) is 4.60. The van der Waals surface area contributed by atoms with Crippen LogP contribution in [0.5, 0.6) is 0 Å². The molecule has 29 heavy (non-hydrogen) atoms. The number of benzene rings is 2. The molecule has 1 N–H and O–H groups in total. The monoisotopic (exact) mass is 398 g/mol. The van der Waals surface area contributed by atoms with Gasteiger partial charge in [-0.1, -0.05) is 18.2 Å². The number of aliphatic hydroxyl groups is 1. The number of carbonyl (C=O) groups is 1. The minimum Gasteiger partial charge on any atom is -0.389 e. The van der Waals surface area contributed by atoms with Gasteiger partial charge in [0.2, 0.25) is 0 Å². The van der Waals surface area contributed by atoms with Gasteiger partial charge in [-0.05, 0) is 44.2 Å². The predicted octanol–water partition coefficient (Wildman–Crippen LogP) is 2.87. The van der Waals surface area contributed by atoms with E-state index in [-0.39, 0.29) is 37.0 Å². The van der Waals surface area contributed by atoms with Crippen LogP contribution in [0.3, 0.4) is 0 Å². The highest BCUT2D eigenvalue weighted by molar-refractivity contribution is 5.94. The Labute approximate surface area is 167 Å². The fourth-order valence-electron chi connectivity index (χ4n) is 3.11. The van der Waals surface area contributed by atoms with E-state index in [2.05, 4.69) is 0 Å². The summed E-state index contributed by atoms with van der Waals surface area (Å²) in [7, 11) is 0. The van der Waals surface area contributed by atoms with Crippen LogP contribution in [0.15, 0.2) is 59.5 Å². The largest absolute Gasteiger partial charge is 0.389 e. The Balaban J connectivity index is 1.65. The molecule has 0 aliphatic heterocycles. The van der Waals surface area contributed by atoms with Gasteiger partial charge in [-0.25, -0.2) is 9.18 Å². The van der Waals surface area contributed by atoms with Crippen LogP contribution in [0.4, 0.5) is 4.39 Å². The highest BCUT2D eigenvalue weighted by Crippen LogP contribution is 2.12. The molecule has 0 fully saturated rings.